The molecule has 1 atom stereocenters. The van der Waals surface area contributed by atoms with E-state index in [9.17, 15) is 4.79 Å². The van der Waals surface area contributed by atoms with Crippen LogP contribution in [-0.4, -0.2) is 32.2 Å². The van der Waals surface area contributed by atoms with Gasteiger partial charge in [-0.2, -0.15) is 0 Å². The van der Waals surface area contributed by atoms with Gasteiger partial charge in [-0.15, -0.1) is 0 Å². The highest BCUT2D eigenvalue weighted by Gasteiger charge is 2.36. The lowest BCUT2D eigenvalue weighted by atomic mass is 10.1. The summed E-state index contributed by atoms with van der Waals surface area (Å²) in [4.78, 5) is 14.3. The average Bonchev–Trinajstić information content (AvgIpc) is 2.68. The first-order chi connectivity index (χ1) is 13.7. The number of benzene rings is 2. The Balaban J connectivity index is 2.01. The van der Waals surface area contributed by atoms with Gasteiger partial charge in [0.25, 0.3) is 0 Å². The van der Waals surface area contributed by atoms with E-state index in [0.29, 0.717) is 0 Å². The first kappa shape index (κ1) is 23.5. The normalized spacial score (nSPS) is 13.4. The van der Waals surface area contributed by atoms with Gasteiger partial charge >= 0.3 is 0 Å². The first-order valence-electron chi connectivity index (χ1n) is 10.6. The summed E-state index contributed by atoms with van der Waals surface area (Å²) in [6, 6.07) is 20.7. The summed E-state index contributed by atoms with van der Waals surface area (Å²) in [6.45, 7) is 13.6. The molecule has 2 rings (SSSR count). The monoisotopic (exact) mass is 411 g/mol. The van der Waals surface area contributed by atoms with Crippen LogP contribution < -0.4 is 0 Å². The minimum Gasteiger partial charge on any atom is -0.417 e. The Kier molecular flexibility index (Phi) is 8.81. The van der Waals surface area contributed by atoms with Gasteiger partial charge in [-0.1, -0.05) is 81.4 Å². The van der Waals surface area contributed by atoms with Crippen molar-refractivity contribution in [1.82, 2.24) is 4.90 Å². The number of hydrogen-bond donors (Lipinski definition) is 0. The van der Waals surface area contributed by atoms with Gasteiger partial charge < -0.3 is 9.22 Å². The second kappa shape index (κ2) is 10.9. The Morgan fingerprint density at radius 1 is 0.931 bits per heavy atom. The molecule has 0 amide bonds. The fourth-order valence-electron chi connectivity index (χ4n) is 3.10. The van der Waals surface area contributed by atoms with Crippen molar-refractivity contribution in [1.29, 1.82) is 0 Å². The highest BCUT2D eigenvalue weighted by Crippen LogP contribution is 2.36. The van der Waals surface area contributed by atoms with Crippen molar-refractivity contribution in [2.24, 2.45) is 0 Å². The quantitative estimate of drug-likeness (QED) is 0.256. The van der Waals surface area contributed by atoms with Crippen molar-refractivity contribution in [2.75, 3.05) is 6.61 Å². The van der Waals surface area contributed by atoms with Gasteiger partial charge in [-0.3, -0.25) is 4.90 Å². The Hall–Kier alpha value is -1.75. The van der Waals surface area contributed by atoms with Gasteiger partial charge in [-0.25, -0.2) is 0 Å². The summed E-state index contributed by atoms with van der Waals surface area (Å²) in [6.07, 6.45) is 2.83. The molecule has 0 unspecified atom stereocenters. The number of carbonyl (C=O) groups is 1. The second-order valence-electron chi connectivity index (χ2n) is 9.33. The molecule has 0 bridgehead atoms. The van der Waals surface area contributed by atoms with Crippen LogP contribution in [0.4, 0.5) is 0 Å². The highest BCUT2D eigenvalue weighted by atomic mass is 28.4. The predicted molar refractivity (Wildman–Crippen MR) is 124 cm³/mol. The standard InChI is InChI=1S/C25H37NO2Si/c1-25(2,3)29(4,5)28-18-12-17-24(21-27)26(19-22-13-8-6-9-14-22)20-23-15-10-7-11-16-23/h6-11,13-16,21,24H,12,17-20H2,1-5H3/t24-/m0/s1. The summed E-state index contributed by atoms with van der Waals surface area (Å²) < 4.78 is 6.31. The summed E-state index contributed by atoms with van der Waals surface area (Å²) in [5, 5.41) is 0.212. The van der Waals surface area contributed by atoms with E-state index in [1.807, 2.05) is 12.1 Å². The van der Waals surface area contributed by atoms with E-state index in [-0.39, 0.29) is 11.1 Å². The van der Waals surface area contributed by atoms with Gasteiger partial charge in [0.2, 0.25) is 0 Å². The van der Waals surface area contributed by atoms with Crippen LogP contribution in [0.25, 0.3) is 0 Å². The third-order valence-electron chi connectivity index (χ3n) is 6.00. The predicted octanol–water partition coefficient (Wildman–Crippen LogP) is 6.06. The second-order valence-corrected chi connectivity index (χ2v) is 14.1. The largest absolute Gasteiger partial charge is 0.417 e. The fraction of sp³-hybridized carbons (Fsp3) is 0.480. The summed E-state index contributed by atoms with van der Waals surface area (Å²) in [7, 11) is -1.74. The summed E-state index contributed by atoms with van der Waals surface area (Å²) in [5.41, 5.74) is 2.46. The molecular formula is C25H37NO2Si. The zero-order chi connectivity index (χ0) is 21.3. The maximum atomic E-state index is 12.0. The van der Waals surface area contributed by atoms with Gasteiger partial charge in [0.1, 0.15) is 6.29 Å². The third-order valence-corrected chi connectivity index (χ3v) is 10.5. The van der Waals surface area contributed by atoms with E-state index in [1.54, 1.807) is 0 Å². The maximum absolute atomic E-state index is 12.0. The van der Waals surface area contributed by atoms with Crippen LogP contribution in [0, 0.1) is 0 Å². The highest BCUT2D eigenvalue weighted by molar-refractivity contribution is 6.74. The minimum atomic E-state index is -1.74. The maximum Gasteiger partial charge on any atom is 0.191 e. The molecule has 0 radical (unpaired) electrons. The summed E-state index contributed by atoms with van der Waals surface area (Å²) in [5.74, 6) is 0. The van der Waals surface area contributed by atoms with Crippen LogP contribution >= 0.6 is 0 Å². The van der Waals surface area contributed by atoms with Crippen LogP contribution in [-0.2, 0) is 22.3 Å². The van der Waals surface area contributed by atoms with Crippen molar-refractivity contribution < 1.29 is 9.22 Å². The van der Waals surface area contributed by atoms with E-state index >= 15 is 0 Å². The Labute approximate surface area is 178 Å². The number of rotatable bonds is 11. The van der Waals surface area contributed by atoms with E-state index in [4.69, 9.17) is 4.43 Å². The van der Waals surface area contributed by atoms with Crippen LogP contribution in [0.15, 0.2) is 60.7 Å². The van der Waals surface area contributed by atoms with Crippen molar-refractivity contribution in [3.05, 3.63) is 71.8 Å². The molecule has 4 heteroatoms. The minimum absolute atomic E-state index is 0.113. The number of aldehydes is 1. The molecule has 0 aliphatic carbocycles. The molecule has 0 aliphatic heterocycles. The van der Waals surface area contributed by atoms with Gasteiger partial charge in [0, 0.05) is 19.7 Å². The van der Waals surface area contributed by atoms with Crippen molar-refractivity contribution in [3.63, 3.8) is 0 Å². The lowest BCUT2D eigenvalue weighted by Gasteiger charge is -2.36. The average molecular weight is 412 g/mol. The zero-order valence-corrected chi connectivity index (χ0v) is 19.7. The molecule has 29 heavy (non-hydrogen) atoms. The molecule has 0 heterocycles. The number of hydrogen-bond acceptors (Lipinski definition) is 3. The molecule has 0 saturated carbocycles. The molecule has 2 aromatic carbocycles. The number of nitrogens with zero attached hydrogens (tertiary/aromatic N) is 1. The fourth-order valence-corrected chi connectivity index (χ4v) is 4.19. The molecule has 158 valence electrons. The molecule has 2 aromatic rings. The topological polar surface area (TPSA) is 29.5 Å². The van der Waals surface area contributed by atoms with Crippen molar-refractivity contribution >= 4 is 14.6 Å². The molecule has 0 N–H and O–H groups in total. The van der Waals surface area contributed by atoms with E-state index < -0.39 is 8.32 Å². The lowest BCUT2D eigenvalue weighted by molar-refractivity contribution is -0.113. The van der Waals surface area contributed by atoms with E-state index in [0.717, 1.165) is 38.8 Å². The molecule has 0 saturated heterocycles. The Bertz CT molecular complexity index is 684. The van der Waals surface area contributed by atoms with Crippen LogP contribution in [0.5, 0.6) is 0 Å². The zero-order valence-electron chi connectivity index (χ0n) is 18.7. The van der Waals surface area contributed by atoms with Crippen molar-refractivity contribution in [2.45, 2.75) is 70.9 Å². The third kappa shape index (κ3) is 7.54. The number of carbonyl (C=O) groups excluding carboxylic acids is 1. The Morgan fingerprint density at radius 3 is 1.83 bits per heavy atom. The van der Waals surface area contributed by atoms with E-state index in [1.165, 1.54) is 11.1 Å². The van der Waals surface area contributed by atoms with Gasteiger partial charge in [-0.05, 0) is 42.1 Å². The van der Waals surface area contributed by atoms with Crippen molar-refractivity contribution in [3.8, 4) is 0 Å². The molecular weight excluding hydrogens is 374 g/mol. The molecule has 3 nitrogen and oxygen atoms in total. The van der Waals surface area contributed by atoms with Gasteiger partial charge in [0.15, 0.2) is 8.32 Å². The first-order valence-corrected chi connectivity index (χ1v) is 13.5. The van der Waals surface area contributed by atoms with Crippen LogP contribution in [0.3, 0.4) is 0 Å². The Morgan fingerprint density at radius 2 is 1.41 bits per heavy atom. The smallest absolute Gasteiger partial charge is 0.191 e. The van der Waals surface area contributed by atoms with E-state index in [2.05, 4.69) is 87.3 Å². The lowest BCUT2D eigenvalue weighted by Crippen LogP contribution is -2.41. The van der Waals surface area contributed by atoms with Crippen LogP contribution in [0.2, 0.25) is 18.1 Å². The molecule has 0 aliphatic rings. The SMILES string of the molecule is CC(C)(C)[Si](C)(C)OCCC[C@@H](C=O)N(Cc1ccccc1)Cc1ccccc1. The molecule has 0 aromatic heterocycles. The van der Waals surface area contributed by atoms with Crippen LogP contribution in [0.1, 0.15) is 44.7 Å². The van der Waals surface area contributed by atoms with Gasteiger partial charge in [0.05, 0.1) is 6.04 Å². The molecule has 0 fully saturated rings. The molecule has 0 spiro atoms. The summed E-state index contributed by atoms with van der Waals surface area (Å²) >= 11 is 0.